The van der Waals surface area contributed by atoms with Crippen LogP contribution < -0.4 is 5.32 Å². The topological polar surface area (TPSA) is 45.2 Å². The summed E-state index contributed by atoms with van der Waals surface area (Å²) in [5.74, 6) is -0.485. The van der Waals surface area contributed by atoms with E-state index in [4.69, 9.17) is 0 Å². The third-order valence-electron chi connectivity index (χ3n) is 3.58. The number of thiazole rings is 1. The first kappa shape index (κ1) is 17.3. The van der Waals surface area contributed by atoms with Crippen molar-refractivity contribution in [3.8, 4) is 11.3 Å². The van der Waals surface area contributed by atoms with E-state index < -0.39 is 0 Å². The molecule has 2 aromatic carbocycles. The second-order valence-electron chi connectivity index (χ2n) is 5.93. The number of benzene rings is 2. The van der Waals surface area contributed by atoms with E-state index in [1.54, 1.807) is 12.1 Å². The number of hydrogen-bond donors (Lipinski definition) is 1. The highest BCUT2D eigenvalue weighted by Crippen LogP contribution is 2.25. The highest BCUT2D eigenvalue weighted by Gasteiger charge is 2.10. The smallest absolute Gasteiger partial charge is 0.257 e. The van der Waals surface area contributed by atoms with Crippen LogP contribution in [0.5, 0.6) is 0 Å². The molecule has 3 aromatic rings. The van der Waals surface area contributed by atoms with Crippen molar-refractivity contribution in [2.24, 2.45) is 0 Å². The molecule has 1 amide bonds. The lowest BCUT2D eigenvalue weighted by Crippen LogP contribution is -2.13. The Morgan fingerprint density at radius 1 is 1.12 bits per heavy atom. The molecule has 25 heavy (non-hydrogen) atoms. The third-order valence-corrected chi connectivity index (χ3v) is 4.34. The van der Waals surface area contributed by atoms with Gasteiger partial charge in [0.15, 0.2) is 5.13 Å². The molecule has 0 fully saturated rings. The van der Waals surface area contributed by atoms with Crippen LogP contribution in [-0.4, -0.2) is 29.9 Å². The van der Waals surface area contributed by atoms with Gasteiger partial charge in [-0.2, -0.15) is 0 Å². The number of aromatic nitrogens is 1. The van der Waals surface area contributed by atoms with Crippen molar-refractivity contribution in [2.45, 2.75) is 6.54 Å². The Bertz CT molecular complexity index is 857. The Hall–Kier alpha value is -2.57. The van der Waals surface area contributed by atoms with Crippen molar-refractivity contribution in [1.29, 1.82) is 0 Å². The van der Waals surface area contributed by atoms with Gasteiger partial charge < -0.3 is 4.90 Å². The molecule has 1 N–H and O–H groups in total. The predicted octanol–water partition coefficient (Wildman–Crippen LogP) is 4.26. The molecule has 6 heteroatoms. The maximum Gasteiger partial charge on any atom is 0.257 e. The molecule has 0 aliphatic rings. The molecule has 0 saturated carbocycles. The Kier molecular flexibility index (Phi) is 5.21. The number of carbonyl (C=O) groups excluding carboxylic acids is 1. The van der Waals surface area contributed by atoms with E-state index in [-0.39, 0.29) is 11.7 Å². The molecule has 1 aromatic heterocycles. The molecule has 0 unspecified atom stereocenters. The SMILES string of the molecule is CN(C)Cc1ccc(C(=O)Nc2nc(-c3ccc(F)cc3)cs2)cc1. The van der Waals surface area contributed by atoms with Crippen LogP contribution in [0.15, 0.2) is 53.9 Å². The maximum atomic E-state index is 13.0. The van der Waals surface area contributed by atoms with Crippen LogP contribution in [0.2, 0.25) is 0 Å². The average molecular weight is 355 g/mol. The van der Waals surface area contributed by atoms with Gasteiger partial charge in [0.05, 0.1) is 5.69 Å². The zero-order valence-electron chi connectivity index (χ0n) is 14.0. The molecule has 0 bridgehead atoms. The van der Waals surface area contributed by atoms with Gasteiger partial charge in [-0.25, -0.2) is 9.37 Å². The van der Waals surface area contributed by atoms with Crippen LogP contribution in [0.25, 0.3) is 11.3 Å². The van der Waals surface area contributed by atoms with Gasteiger partial charge in [-0.05, 0) is 56.1 Å². The minimum Gasteiger partial charge on any atom is -0.305 e. The van der Waals surface area contributed by atoms with E-state index in [0.717, 1.165) is 17.7 Å². The standard InChI is InChI=1S/C19H18FN3OS/c1-23(2)11-13-3-5-15(6-4-13)18(24)22-19-21-17(12-25-19)14-7-9-16(20)10-8-14/h3-10,12H,11H2,1-2H3,(H,21,22,24). The fourth-order valence-corrected chi connectivity index (χ4v) is 3.10. The highest BCUT2D eigenvalue weighted by molar-refractivity contribution is 7.14. The largest absolute Gasteiger partial charge is 0.305 e. The number of hydrogen-bond acceptors (Lipinski definition) is 4. The first-order chi connectivity index (χ1) is 12.0. The van der Waals surface area contributed by atoms with Crippen LogP contribution in [-0.2, 0) is 6.54 Å². The van der Waals surface area contributed by atoms with Crippen LogP contribution in [0.1, 0.15) is 15.9 Å². The number of carbonyl (C=O) groups is 1. The van der Waals surface area contributed by atoms with Gasteiger partial charge in [-0.1, -0.05) is 12.1 Å². The molecule has 0 aliphatic carbocycles. The van der Waals surface area contributed by atoms with Crippen molar-refractivity contribution in [2.75, 3.05) is 19.4 Å². The fourth-order valence-electron chi connectivity index (χ4n) is 2.38. The van der Waals surface area contributed by atoms with Crippen molar-refractivity contribution < 1.29 is 9.18 Å². The molecule has 3 rings (SSSR count). The van der Waals surface area contributed by atoms with Gasteiger partial charge in [0.1, 0.15) is 5.82 Å². The summed E-state index contributed by atoms with van der Waals surface area (Å²) >= 11 is 1.34. The number of amides is 1. The summed E-state index contributed by atoms with van der Waals surface area (Å²) in [7, 11) is 4.00. The monoisotopic (exact) mass is 355 g/mol. The minimum absolute atomic E-state index is 0.198. The summed E-state index contributed by atoms with van der Waals surface area (Å²) in [4.78, 5) is 18.8. The predicted molar refractivity (Wildman–Crippen MR) is 99.3 cm³/mol. The van der Waals surface area contributed by atoms with Crippen LogP contribution in [0.4, 0.5) is 9.52 Å². The van der Waals surface area contributed by atoms with Gasteiger partial charge in [0.2, 0.25) is 0 Å². The molecule has 0 radical (unpaired) electrons. The fraction of sp³-hybridized carbons (Fsp3) is 0.158. The van der Waals surface area contributed by atoms with Crippen molar-refractivity contribution >= 4 is 22.4 Å². The highest BCUT2D eigenvalue weighted by atomic mass is 32.1. The van der Waals surface area contributed by atoms with Crippen molar-refractivity contribution in [3.05, 3.63) is 70.9 Å². The van der Waals surface area contributed by atoms with Crippen molar-refractivity contribution in [3.63, 3.8) is 0 Å². The first-order valence-corrected chi connectivity index (χ1v) is 8.66. The summed E-state index contributed by atoms with van der Waals surface area (Å²) in [5.41, 5.74) is 3.25. The number of halogens is 1. The van der Waals surface area contributed by atoms with Crippen LogP contribution >= 0.6 is 11.3 Å². The molecule has 128 valence electrons. The lowest BCUT2D eigenvalue weighted by atomic mass is 10.1. The van der Waals surface area contributed by atoms with E-state index in [1.165, 1.54) is 23.5 Å². The molecular weight excluding hydrogens is 337 g/mol. The number of rotatable bonds is 5. The summed E-state index contributed by atoms with van der Waals surface area (Å²) in [6.07, 6.45) is 0. The summed E-state index contributed by atoms with van der Waals surface area (Å²) < 4.78 is 13.0. The normalized spacial score (nSPS) is 10.9. The van der Waals surface area contributed by atoms with E-state index in [9.17, 15) is 9.18 Å². The zero-order valence-corrected chi connectivity index (χ0v) is 14.8. The average Bonchev–Trinajstić information content (AvgIpc) is 3.04. The Balaban J connectivity index is 1.68. The number of nitrogens with one attached hydrogen (secondary N) is 1. The quantitative estimate of drug-likeness (QED) is 0.744. The van der Waals surface area contributed by atoms with Crippen LogP contribution in [0.3, 0.4) is 0 Å². The molecule has 0 spiro atoms. The van der Waals surface area contributed by atoms with E-state index in [1.807, 2.05) is 43.7 Å². The minimum atomic E-state index is -0.287. The van der Waals surface area contributed by atoms with Crippen LogP contribution in [0, 0.1) is 5.82 Å². The summed E-state index contributed by atoms with van der Waals surface area (Å²) in [6, 6.07) is 13.6. The summed E-state index contributed by atoms with van der Waals surface area (Å²) in [6.45, 7) is 0.829. The summed E-state index contributed by atoms with van der Waals surface area (Å²) in [5, 5.41) is 5.16. The van der Waals surface area contributed by atoms with Crippen molar-refractivity contribution in [1.82, 2.24) is 9.88 Å². The first-order valence-electron chi connectivity index (χ1n) is 7.78. The second-order valence-corrected chi connectivity index (χ2v) is 6.79. The van der Waals surface area contributed by atoms with Gasteiger partial charge in [-0.3, -0.25) is 10.1 Å². The number of anilines is 1. The van der Waals surface area contributed by atoms with E-state index >= 15 is 0 Å². The molecule has 0 atom stereocenters. The molecular formula is C19H18FN3OS. The zero-order chi connectivity index (χ0) is 17.8. The van der Waals surface area contributed by atoms with Gasteiger partial charge in [0, 0.05) is 23.1 Å². The molecule has 0 aliphatic heterocycles. The Morgan fingerprint density at radius 2 is 1.80 bits per heavy atom. The Labute approximate surface area is 150 Å². The molecule has 0 saturated heterocycles. The van der Waals surface area contributed by atoms with Gasteiger partial charge >= 0.3 is 0 Å². The van der Waals surface area contributed by atoms with Gasteiger partial charge in [0.25, 0.3) is 5.91 Å². The van der Waals surface area contributed by atoms with E-state index in [2.05, 4.69) is 15.2 Å². The maximum absolute atomic E-state index is 13.0. The third kappa shape index (κ3) is 4.49. The molecule has 4 nitrogen and oxygen atoms in total. The molecule has 1 heterocycles. The van der Waals surface area contributed by atoms with E-state index in [0.29, 0.717) is 16.4 Å². The number of nitrogens with zero attached hydrogens (tertiary/aromatic N) is 2. The lowest BCUT2D eigenvalue weighted by molar-refractivity contribution is 0.102. The van der Waals surface area contributed by atoms with Gasteiger partial charge in [-0.15, -0.1) is 11.3 Å². The second kappa shape index (κ2) is 7.55. The lowest BCUT2D eigenvalue weighted by Gasteiger charge is -2.09. The Morgan fingerprint density at radius 3 is 2.44 bits per heavy atom.